The van der Waals surface area contributed by atoms with Crippen LogP contribution in [0.2, 0.25) is 0 Å². The maximum atomic E-state index is 8.77. The molecule has 0 aliphatic carbocycles. The first-order valence-electron chi connectivity index (χ1n) is 0.617. The van der Waals surface area contributed by atoms with Crippen molar-refractivity contribution in [2.24, 2.45) is 0 Å². The van der Waals surface area contributed by atoms with Crippen molar-refractivity contribution in [2.75, 3.05) is 0 Å². The summed E-state index contributed by atoms with van der Waals surface area (Å²) in [6.07, 6.45) is 0. The maximum absolute atomic E-state index is 8.77. The Balaban J connectivity index is 0. The van der Waals surface area contributed by atoms with Crippen LogP contribution in [0.15, 0.2) is 0 Å². The molecule has 0 saturated heterocycles. The Morgan fingerprint density at radius 2 is 1.80 bits per heavy atom. The van der Waals surface area contributed by atoms with E-state index < -0.39 is 5.43 Å². The van der Waals surface area contributed by atoms with Crippen molar-refractivity contribution in [1.29, 1.82) is 0 Å². The predicted molar refractivity (Wildman–Crippen MR) is 23.8 cm³/mol. The Kier molecular flexibility index (Phi) is 7.95. The van der Waals surface area contributed by atoms with Gasteiger partial charge in [0.2, 0.25) is 0 Å². The molecule has 0 fully saturated rings. The molecule has 0 heterocycles. The molecular weight excluding hydrogens is 149 g/mol. The van der Waals surface area contributed by atoms with Gasteiger partial charge in [-0.15, -0.1) is 0 Å². The minimum atomic E-state index is -1.36. The zero-order valence-corrected chi connectivity index (χ0v) is 2.49. The summed E-state index contributed by atoms with van der Waals surface area (Å²) in [5, 5.41) is 7.18. The molecule has 30 valence electrons. The molecule has 0 amide bonds. The zero-order valence-electron chi connectivity index (χ0n) is 1.73. The van der Waals surface area contributed by atoms with Crippen LogP contribution in [0.3, 0.4) is 0 Å². The molecule has 1 N–H and O–H groups in total. The van der Waals surface area contributed by atoms with Gasteiger partial charge in [0.05, 0.1) is 0 Å². The summed E-state index contributed by atoms with van der Waals surface area (Å²) >= 11 is 4.19. The van der Waals surface area contributed by atoms with Crippen LogP contribution in [0.25, 0.3) is 0 Å². The summed E-state index contributed by atoms with van der Waals surface area (Å²) in [5.74, 6) is 0. The van der Waals surface area contributed by atoms with Crippen LogP contribution in [-0.2, 0) is 0 Å². The van der Waals surface area contributed by atoms with Crippen LogP contribution in [0.4, 0.5) is 4.79 Å². The number of carbonyl (C=O) groups is 1. The number of hydrogen-bond donors (Lipinski definition) is 1. The summed E-state index contributed by atoms with van der Waals surface area (Å²) in [7, 11) is 0. The average molecular weight is 153 g/mol. The second kappa shape index (κ2) is 4.40. The molecule has 0 rings (SSSR count). The van der Waals surface area contributed by atoms with Crippen LogP contribution in [0.5, 0.6) is 0 Å². The van der Waals surface area contributed by atoms with E-state index >= 15 is 0 Å². The minimum absolute atomic E-state index is 0. The van der Waals surface area contributed by atoms with E-state index in [1.165, 1.54) is 0 Å². The van der Waals surface area contributed by atoms with Gasteiger partial charge in [0.15, 0.2) is 0 Å². The number of carboxylic acid groups (broad SMARTS) is 1. The van der Waals surface area contributed by atoms with Crippen molar-refractivity contribution < 1.29 is 9.90 Å². The van der Waals surface area contributed by atoms with Gasteiger partial charge in [0.1, 0.15) is 0 Å². The molecule has 0 spiro atoms. The Morgan fingerprint density at radius 1 is 1.80 bits per heavy atom. The van der Waals surface area contributed by atoms with Gasteiger partial charge in [-0.25, -0.2) is 4.79 Å². The van der Waals surface area contributed by atoms with Gasteiger partial charge in [0.25, 0.3) is 0 Å². The third-order valence-corrected chi connectivity index (χ3v) is 0. The standard InChI is InChI=1S/CHClO2.Ga.3H/c2-1(3)4;;;;/h(H,3,4);;;;. The molecule has 0 aliphatic heterocycles. The van der Waals surface area contributed by atoms with E-state index in [9.17, 15) is 0 Å². The molecule has 5 heavy (non-hydrogen) atoms. The van der Waals surface area contributed by atoms with E-state index in [1.54, 1.807) is 0 Å². The van der Waals surface area contributed by atoms with Gasteiger partial charge < -0.3 is 5.11 Å². The van der Waals surface area contributed by atoms with Crippen molar-refractivity contribution in [3.8, 4) is 0 Å². The molecule has 0 aliphatic rings. The van der Waals surface area contributed by atoms with Crippen molar-refractivity contribution in [3.05, 3.63) is 0 Å². The van der Waals surface area contributed by atoms with E-state index in [1.807, 2.05) is 0 Å². The van der Waals surface area contributed by atoms with Crippen LogP contribution >= 0.6 is 11.6 Å². The summed E-state index contributed by atoms with van der Waals surface area (Å²) in [5.41, 5.74) is -1.36. The molecule has 0 saturated carbocycles. The van der Waals surface area contributed by atoms with Crippen LogP contribution in [-0.4, -0.2) is 30.3 Å². The second-order valence-corrected chi connectivity index (χ2v) is 0.576. The fourth-order valence-corrected chi connectivity index (χ4v) is 0. The van der Waals surface area contributed by atoms with E-state index in [4.69, 9.17) is 9.90 Å². The van der Waals surface area contributed by atoms with Crippen molar-refractivity contribution in [3.63, 3.8) is 0 Å². The van der Waals surface area contributed by atoms with Crippen molar-refractivity contribution >= 4 is 36.8 Å². The molecule has 0 aromatic carbocycles. The molecule has 0 unspecified atom stereocenters. The normalized spacial score (nSPS) is 5.00. The number of hydrogen-bond acceptors (Lipinski definition) is 1. The first-order valence-corrected chi connectivity index (χ1v) is 0.995. The fourth-order valence-electron chi connectivity index (χ4n) is 0. The van der Waals surface area contributed by atoms with Gasteiger partial charge in [-0.2, -0.15) is 0 Å². The topological polar surface area (TPSA) is 37.3 Å². The molecular formula is CH4ClGaO2. The Labute approximate surface area is 47.2 Å². The van der Waals surface area contributed by atoms with E-state index in [0.717, 1.165) is 0 Å². The summed E-state index contributed by atoms with van der Waals surface area (Å²) in [6, 6.07) is 0. The monoisotopic (exact) mass is 152 g/mol. The van der Waals surface area contributed by atoms with E-state index in [-0.39, 0.29) is 19.8 Å². The SMILES string of the molecule is O=C(O)Cl.[GaH3]. The summed E-state index contributed by atoms with van der Waals surface area (Å²) in [6.45, 7) is 0. The van der Waals surface area contributed by atoms with E-state index in [2.05, 4.69) is 11.6 Å². The molecule has 4 heteroatoms. The zero-order chi connectivity index (χ0) is 3.58. The molecule has 0 radical (unpaired) electrons. The van der Waals surface area contributed by atoms with Crippen molar-refractivity contribution in [1.82, 2.24) is 0 Å². The van der Waals surface area contributed by atoms with Crippen LogP contribution in [0, 0.1) is 0 Å². The first kappa shape index (κ1) is 9.04. The molecule has 0 bridgehead atoms. The van der Waals surface area contributed by atoms with Gasteiger partial charge in [-0.3, -0.25) is 0 Å². The molecule has 0 aromatic rings. The second-order valence-electron chi connectivity index (χ2n) is 0.253. The summed E-state index contributed by atoms with van der Waals surface area (Å²) < 4.78 is 0. The fraction of sp³-hybridized carbons (Fsp3) is 0. The van der Waals surface area contributed by atoms with Gasteiger partial charge >= 0.3 is 25.2 Å². The number of halogens is 1. The van der Waals surface area contributed by atoms with E-state index in [0.29, 0.717) is 0 Å². The van der Waals surface area contributed by atoms with Gasteiger partial charge in [-0.1, -0.05) is 0 Å². The summed E-state index contributed by atoms with van der Waals surface area (Å²) in [4.78, 5) is 8.77. The molecule has 0 atom stereocenters. The average Bonchev–Trinajstić information content (AvgIpc) is 0.811. The first-order chi connectivity index (χ1) is 1.73. The Morgan fingerprint density at radius 3 is 1.80 bits per heavy atom. The molecule has 2 nitrogen and oxygen atoms in total. The number of rotatable bonds is 0. The van der Waals surface area contributed by atoms with Crippen LogP contribution in [0.1, 0.15) is 0 Å². The van der Waals surface area contributed by atoms with Crippen LogP contribution < -0.4 is 0 Å². The third kappa shape index (κ3) is 161. The Bertz CT molecular complexity index is 32.6. The predicted octanol–water partition coefficient (Wildman–Crippen LogP) is -0.281. The van der Waals surface area contributed by atoms with Gasteiger partial charge in [-0.05, 0) is 0 Å². The van der Waals surface area contributed by atoms with Gasteiger partial charge in [0, 0.05) is 11.6 Å². The van der Waals surface area contributed by atoms with Crippen molar-refractivity contribution in [2.45, 2.75) is 0 Å². The Hall–Kier alpha value is 0.396. The third-order valence-electron chi connectivity index (χ3n) is 0. The quantitative estimate of drug-likeness (QED) is 0.384. The molecule has 0 aromatic heterocycles.